The second kappa shape index (κ2) is 11.0. The number of likely N-dealkylation sites (N-methyl/N-ethyl adjacent to an activating group) is 1. The number of pyridine rings is 1. The van der Waals surface area contributed by atoms with E-state index in [-0.39, 0.29) is 11.9 Å². The van der Waals surface area contributed by atoms with Crippen LogP contribution in [0.1, 0.15) is 52.9 Å². The van der Waals surface area contributed by atoms with E-state index in [1.807, 2.05) is 56.3 Å². The average Bonchev–Trinajstić information content (AvgIpc) is 3.10. The summed E-state index contributed by atoms with van der Waals surface area (Å²) in [4.78, 5) is 19.9. The molecule has 1 amide bonds. The summed E-state index contributed by atoms with van der Waals surface area (Å²) in [5.74, 6) is 0.773. The van der Waals surface area contributed by atoms with E-state index in [2.05, 4.69) is 39.7 Å². The predicted octanol–water partition coefficient (Wildman–Crippen LogP) is 4.37. The van der Waals surface area contributed by atoms with Gasteiger partial charge in [-0.2, -0.15) is 0 Å². The molecule has 0 aliphatic heterocycles. The number of carbonyl (C=O) groups is 1. The Morgan fingerprint density at radius 1 is 1.12 bits per heavy atom. The molecule has 170 valence electrons. The van der Waals surface area contributed by atoms with Crippen molar-refractivity contribution in [2.45, 2.75) is 40.3 Å². The standard InChI is InChI=1S/C26H34N4O2/c1-6-29(7-2)25(21-11-10-13-23(16-21)32-5)17-28-26(31)24-15-19(3)30(20(24)4)18-22-12-8-9-14-27-22/h8-16,25H,6-7,17-18H2,1-5H3,(H,28,31). The first-order valence-electron chi connectivity index (χ1n) is 11.2. The molecule has 3 rings (SSSR count). The molecule has 0 spiro atoms. The van der Waals surface area contributed by atoms with Crippen molar-refractivity contribution in [3.63, 3.8) is 0 Å². The second-order valence-corrected chi connectivity index (χ2v) is 7.92. The van der Waals surface area contributed by atoms with Gasteiger partial charge in [0, 0.05) is 24.1 Å². The molecule has 0 aliphatic carbocycles. The fourth-order valence-corrected chi connectivity index (χ4v) is 4.18. The summed E-state index contributed by atoms with van der Waals surface area (Å²) in [6, 6.07) is 16.0. The number of nitrogens with one attached hydrogen (secondary N) is 1. The molecule has 1 atom stereocenters. The van der Waals surface area contributed by atoms with Gasteiger partial charge in [-0.3, -0.25) is 14.7 Å². The summed E-state index contributed by atoms with van der Waals surface area (Å²) in [5, 5.41) is 3.18. The predicted molar refractivity (Wildman–Crippen MR) is 128 cm³/mol. The number of ether oxygens (including phenoxy) is 1. The smallest absolute Gasteiger partial charge is 0.253 e. The van der Waals surface area contributed by atoms with Crippen LogP contribution in [0.5, 0.6) is 5.75 Å². The van der Waals surface area contributed by atoms with Crippen molar-refractivity contribution in [1.29, 1.82) is 0 Å². The first-order chi connectivity index (χ1) is 15.5. The second-order valence-electron chi connectivity index (χ2n) is 7.92. The lowest BCUT2D eigenvalue weighted by atomic mass is 10.0. The minimum absolute atomic E-state index is 0.0505. The molecule has 32 heavy (non-hydrogen) atoms. The van der Waals surface area contributed by atoms with Gasteiger partial charge in [0.15, 0.2) is 0 Å². The number of carbonyl (C=O) groups excluding carboxylic acids is 1. The van der Waals surface area contributed by atoms with E-state index in [9.17, 15) is 4.79 Å². The van der Waals surface area contributed by atoms with Crippen LogP contribution < -0.4 is 10.1 Å². The highest BCUT2D eigenvalue weighted by Gasteiger charge is 2.22. The zero-order chi connectivity index (χ0) is 23.1. The number of methoxy groups -OCH3 is 1. The van der Waals surface area contributed by atoms with Crippen molar-refractivity contribution >= 4 is 5.91 Å². The Morgan fingerprint density at radius 3 is 2.56 bits per heavy atom. The Kier molecular flexibility index (Phi) is 8.06. The van der Waals surface area contributed by atoms with Crippen molar-refractivity contribution in [1.82, 2.24) is 19.8 Å². The quantitative estimate of drug-likeness (QED) is 0.515. The van der Waals surface area contributed by atoms with Gasteiger partial charge >= 0.3 is 0 Å². The average molecular weight is 435 g/mol. The van der Waals surface area contributed by atoms with Gasteiger partial charge in [-0.25, -0.2) is 0 Å². The highest BCUT2D eigenvalue weighted by molar-refractivity contribution is 5.95. The number of aryl methyl sites for hydroxylation is 1. The molecule has 6 heteroatoms. The molecule has 0 bridgehead atoms. The highest BCUT2D eigenvalue weighted by atomic mass is 16.5. The first-order valence-corrected chi connectivity index (χ1v) is 11.2. The fraction of sp³-hybridized carbons (Fsp3) is 0.385. The number of hydrogen-bond donors (Lipinski definition) is 1. The van der Waals surface area contributed by atoms with Crippen LogP contribution in [0.2, 0.25) is 0 Å². The molecule has 1 unspecified atom stereocenters. The molecule has 6 nitrogen and oxygen atoms in total. The maximum atomic E-state index is 13.2. The molecule has 0 radical (unpaired) electrons. The Hall–Kier alpha value is -3.12. The zero-order valence-electron chi connectivity index (χ0n) is 19.8. The lowest BCUT2D eigenvalue weighted by molar-refractivity contribution is 0.0934. The SMILES string of the molecule is CCN(CC)C(CNC(=O)c1cc(C)n(Cc2ccccn2)c1C)c1cccc(OC)c1. The van der Waals surface area contributed by atoms with Gasteiger partial charge in [-0.1, -0.05) is 32.0 Å². The normalized spacial score (nSPS) is 12.1. The Bertz CT molecular complexity index is 1030. The third kappa shape index (κ3) is 5.37. The van der Waals surface area contributed by atoms with Crippen LogP contribution in [0.15, 0.2) is 54.7 Å². The van der Waals surface area contributed by atoms with Crippen LogP contribution in [0.4, 0.5) is 0 Å². The summed E-state index contributed by atoms with van der Waals surface area (Å²) in [7, 11) is 1.67. The number of benzene rings is 1. The van der Waals surface area contributed by atoms with Gasteiger partial charge in [-0.05, 0) is 62.8 Å². The molecule has 1 aromatic carbocycles. The van der Waals surface area contributed by atoms with E-state index in [1.165, 1.54) is 0 Å². The summed E-state index contributed by atoms with van der Waals surface area (Å²) in [6.07, 6.45) is 1.79. The summed E-state index contributed by atoms with van der Waals surface area (Å²) in [5.41, 5.74) is 4.81. The van der Waals surface area contributed by atoms with Gasteiger partial charge in [0.2, 0.25) is 0 Å². The third-order valence-electron chi connectivity index (χ3n) is 6.05. The summed E-state index contributed by atoms with van der Waals surface area (Å²) < 4.78 is 7.55. The van der Waals surface area contributed by atoms with Crippen LogP contribution >= 0.6 is 0 Å². The van der Waals surface area contributed by atoms with Crippen LogP contribution in [-0.2, 0) is 6.54 Å². The van der Waals surface area contributed by atoms with Crippen LogP contribution in [0.3, 0.4) is 0 Å². The van der Waals surface area contributed by atoms with Crippen LogP contribution in [0.25, 0.3) is 0 Å². The van der Waals surface area contributed by atoms with Gasteiger partial charge in [0.05, 0.1) is 31.0 Å². The maximum Gasteiger partial charge on any atom is 0.253 e. The molecule has 1 N–H and O–H groups in total. The third-order valence-corrected chi connectivity index (χ3v) is 6.05. The van der Waals surface area contributed by atoms with Gasteiger partial charge in [0.25, 0.3) is 5.91 Å². The molecule has 0 saturated carbocycles. The summed E-state index contributed by atoms with van der Waals surface area (Å²) >= 11 is 0. The molecular weight excluding hydrogens is 400 g/mol. The van der Waals surface area contributed by atoms with Crippen molar-refractivity contribution in [3.05, 3.63) is 82.9 Å². The van der Waals surface area contributed by atoms with Crippen LogP contribution in [0, 0.1) is 13.8 Å². The van der Waals surface area contributed by atoms with Gasteiger partial charge < -0.3 is 14.6 Å². The van der Waals surface area contributed by atoms with E-state index in [1.54, 1.807) is 13.3 Å². The molecule has 2 heterocycles. The number of hydrogen-bond acceptors (Lipinski definition) is 4. The van der Waals surface area contributed by atoms with E-state index < -0.39 is 0 Å². The molecule has 0 aliphatic rings. The molecule has 0 saturated heterocycles. The molecule has 0 fully saturated rings. The largest absolute Gasteiger partial charge is 0.497 e. The molecule has 2 aromatic heterocycles. The minimum Gasteiger partial charge on any atom is -0.497 e. The lowest BCUT2D eigenvalue weighted by Gasteiger charge is -2.30. The number of amides is 1. The van der Waals surface area contributed by atoms with Crippen molar-refractivity contribution < 1.29 is 9.53 Å². The van der Waals surface area contributed by atoms with Crippen LogP contribution in [-0.4, -0.2) is 47.1 Å². The number of nitrogens with zero attached hydrogens (tertiary/aromatic N) is 3. The molecular formula is C26H34N4O2. The zero-order valence-corrected chi connectivity index (χ0v) is 19.8. The summed E-state index contributed by atoms with van der Waals surface area (Å²) in [6.45, 7) is 11.3. The van der Waals surface area contributed by atoms with E-state index in [0.29, 0.717) is 18.7 Å². The topological polar surface area (TPSA) is 59.4 Å². The Balaban J connectivity index is 1.78. The van der Waals surface area contributed by atoms with Crippen molar-refractivity contribution in [2.24, 2.45) is 0 Å². The van der Waals surface area contributed by atoms with E-state index in [0.717, 1.165) is 41.5 Å². The van der Waals surface area contributed by atoms with Crippen molar-refractivity contribution in [3.8, 4) is 5.75 Å². The van der Waals surface area contributed by atoms with Gasteiger partial charge in [-0.15, -0.1) is 0 Å². The van der Waals surface area contributed by atoms with Gasteiger partial charge in [0.1, 0.15) is 5.75 Å². The lowest BCUT2D eigenvalue weighted by Crippen LogP contribution is -2.38. The number of aromatic nitrogens is 2. The minimum atomic E-state index is -0.0505. The molecule has 3 aromatic rings. The van der Waals surface area contributed by atoms with Crippen molar-refractivity contribution in [2.75, 3.05) is 26.7 Å². The fourth-order valence-electron chi connectivity index (χ4n) is 4.18. The Labute approximate surface area is 191 Å². The monoisotopic (exact) mass is 434 g/mol. The van der Waals surface area contributed by atoms with E-state index in [4.69, 9.17) is 4.74 Å². The first kappa shape index (κ1) is 23.5. The highest BCUT2D eigenvalue weighted by Crippen LogP contribution is 2.24. The van der Waals surface area contributed by atoms with E-state index >= 15 is 0 Å². The maximum absolute atomic E-state index is 13.2. The number of rotatable bonds is 10. The Morgan fingerprint density at radius 2 is 1.91 bits per heavy atom.